The smallest absolute Gasteiger partial charge is 0.158 e. The van der Waals surface area contributed by atoms with Crippen molar-refractivity contribution in [3.63, 3.8) is 0 Å². The van der Waals surface area contributed by atoms with Gasteiger partial charge in [-0.25, -0.2) is 9.97 Å². The zero-order chi connectivity index (χ0) is 11.1. The lowest BCUT2D eigenvalue weighted by Gasteiger charge is -2.07. The van der Waals surface area contributed by atoms with E-state index in [-0.39, 0.29) is 0 Å². The highest BCUT2D eigenvalue weighted by molar-refractivity contribution is 7.98. The van der Waals surface area contributed by atoms with Crippen LogP contribution in [0.15, 0.2) is 6.07 Å². The minimum absolute atomic E-state index is 0.377. The summed E-state index contributed by atoms with van der Waals surface area (Å²) in [5.74, 6) is 2.85. The average molecular weight is 228 g/mol. The van der Waals surface area contributed by atoms with Crippen molar-refractivity contribution in [3.05, 3.63) is 11.9 Å². The third kappa shape index (κ3) is 4.35. The van der Waals surface area contributed by atoms with Gasteiger partial charge in [0, 0.05) is 25.5 Å². The predicted molar refractivity (Wildman–Crippen MR) is 64.0 cm³/mol. The number of methoxy groups -OCH3 is 1. The molecule has 0 aromatic carbocycles. The van der Waals surface area contributed by atoms with E-state index in [0.717, 1.165) is 18.1 Å². The van der Waals surface area contributed by atoms with Crippen molar-refractivity contribution >= 4 is 23.4 Å². The van der Waals surface area contributed by atoms with Crippen molar-refractivity contribution in [2.75, 3.05) is 36.7 Å². The molecule has 0 saturated heterocycles. The molecule has 0 bridgehead atoms. The van der Waals surface area contributed by atoms with Crippen LogP contribution < -0.4 is 11.1 Å². The zero-order valence-corrected chi connectivity index (χ0v) is 9.80. The number of rotatable bonds is 6. The molecule has 1 heterocycles. The van der Waals surface area contributed by atoms with Crippen LogP contribution in [0.25, 0.3) is 0 Å². The average Bonchev–Trinajstić information content (AvgIpc) is 2.18. The Morgan fingerprint density at radius 1 is 1.53 bits per heavy atom. The molecule has 0 saturated carbocycles. The third-order valence-electron chi connectivity index (χ3n) is 1.68. The fraction of sp³-hybridized carbons (Fsp3) is 0.556. The van der Waals surface area contributed by atoms with Gasteiger partial charge in [0.2, 0.25) is 0 Å². The SMILES string of the molecule is COCc1nc(N)cc(NCCSC)n1. The molecule has 5 nitrogen and oxygen atoms in total. The van der Waals surface area contributed by atoms with Gasteiger partial charge in [-0.3, -0.25) is 0 Å². The molecule has 84 valence electrons. The number of nitrogens with zero attached hydrogens (tertiary/aromatic N) is 2. The number of ether oxygens (including phenoxy) is 1. The first-order valence-electron chi connectivity index (χ1n) is 4.61. The summed E-state index contributed by atoms with van der Waals surface area (Å²) in [5, 5.41) is 3.18. The van der Waals surface area contributed by atoms with Gasteiger partial charge in [-0.05, 0) is 6.26 Å². The third-order valence-corrected chi connectivity index (χ3v) is 2.29. The molecule has 1 aromatic rings. The monoisotopic (exact) mass is 228 g/mol. The van der Waals surface area contributed by atoms with E-state index in [4.69, 9.17) is 10.5 Å². The first kappa shape index (κ1) is 12.1. The molecule has 0 aliphatic carbocycles. The van der Waals surface area contributed by atoms with Gasteiger partial charge in [-0.2, -0.15) is 11.8 Å². The molecule has 0 fully saturated rings. The van der Waals surface area contributed by atoms with Crippen LogP contribution in [0, 0.1) is 0 Å². The maximum atomic E-state index is 5.64. The number of hydrogen-bond acceptors (Lipinski definition) is 6. The van der Waals surface area contributed by atoms with Crippen LogP contribution in [0.4, 0.5) is 11.6 Å². The van der Waals surface area contributed by atoms with E-state index in [2.05, 4.69) is 21.5 Å². The zero-order valence-electron chi connectivity index (χ0n) is 8.99. The number of thioether (sulfide) groups is 1. The molecule has 6 heteroatoms. The number of hydrogen-bond donors (Lipinski definition) is 2. The molecule has 3 N–H and O–H groups in total. The maximum Gasteiger partial charge on any atom is 0.158 e. The van der Waals surface area contributed by atoms with Gasteiger partial charge in [0.05, 0.1) is 0 Å². The standard InChI is InChI=1S/C9H16N4OS/c1-14-6-9-12-7(10)5-8(13-9)11-3-4-15-2/h5H,3-4,6H2,1-2H3,(H3,10,11,12,13). The highest BCUT2D eigenvalue weighted by atomic mass is 32.2. The summed E-state index contributed by atoms with van der Waals surface area (Å²) < 4.78 is 4.95. The van der Waals surface area contributed by atoms with Gasteiger partial charge in [-0.1, -0.05) is 0 Å². The van der Waals surface area contributed by atoms with E-state index >= 15 is 0 Å². The summed E-state index contributed by atoms with van der Waals surface area (Å²) in [5.41, 5.74) is 5.64. The van der Waals surface area contributed by atoms with Crippen LogP contribution in [0.1, 0.15) is 5.82 Å². The lowest BCUT2D eigenvalue weighted by molar-refractivity contribution is 0.178. The Balaban J connectivity index is 2.62. The molecule has 1 rings (SSSR count). The Hall–Kier alpha value is -1.01. The molecular formula is C9H16N4OS. The van der Waals surface area contributed by atoms with Crippen molar-refractivity contribution in [3.8, 4) is 0 Å². The van der Waals surface area contributed by atoms with Gasteiger partial charge in [0.1, 0.15) is 18.2 Å². The van der Waals surface area contributed by atoms with Crippen LogP contribution in [-0.4, -0.2) is 35.6 Å². The van der Waals surface area contributed by atoms with Gasteiger partial charge in [0.25, 0.3) is 0 Å². The molecule has 15 heavy (non-hydrogen) atoms. The second-order valence-corrected chi connectivity index (χ2v) is 3.93. The van der Waals surface area contributed by atoms with Crippen molar-refractivity contribution in [1.82, 2.24) is 9.97 Å². The van der Waals surface area contributed by atoms with Gasteiger partial charge >= 0.3 is 0 Å². The van der Waals surface area contributed by atoms with Crippen LogP contribution in [-0.2, 0) is 11.3 Å². The Morgan fingerprint density at radius 2 is 2.33 bits per heavy atom. The van der Waals surface area contributed by atoms with Crippen molar-refractivity contribution < 1.29 is 4.74 Å². The predicted octanol–water partition coefficient (Wildman–Crippen LogP) is 0.980. The lowest BCUT2D eigenvalue weighted by atomic mass is 10.5. The number of nitrogens with two attached hydrogens (primary N) is 1. The van der Waals surface area contributed by atoms with Gasteiger partial charge in [-0.15, -0.1) is 0 Å². The fourth-order valence-corrected chi connectivity index (χ4v) is 1.39. The van der Waals surface area contributed by atoms with Crippen LogP contribution in [0.5, 0.6) is 0 Å². The minimum atomic E-state index is 0.377. The first-order valence-corrected chi connectivity index (χ1v) is 6.01. The fourth-order valence-electron chi connectivity index (χ4n) is 1.08. The molecule has 0 radical (unpaired) electrons. The first-order chi connectivity index (χ1) is 7.26. The highest BCUT2D eigenvalue weighted by Crippen LogP contribution is 2.08. The maximum absolute atomic E-state index is 5.64. The number of anilines is 2. The Morgan fingerprint density at radius 3 is 3.00 bits per heavy atom. The molecule has 0 unspecified atom stereocenters. The van der Waals surface area contributed by atoms with E-state index < -0.39 is 0 Å². The normalized spacial score (nSPS) is 10.3. The summed E-state index contributed by atoms with van der Waals surface area (Å²) in [6.07, 6.45) is 2.06. The molecule has 0 amide bonds. The lowest BCUT2D eigenvalue weighted by Crippen LogP contribution is -2.09. The van der Waals surface area contributed by atoms with Crippen LogP contribution >= 0.6 is 11.8 Å². The molecule has 1 aromatic heterocycles. The van der Waals surface area contributed by atoms with Gasteiger partial charge < -0.3 is 15.8 Å². The molecular weight excluding hydrogens is 212 g/mol. The van der Waals surface area contributed by atoms with E-state index in [1.165, 1.54) is 0 Å². The van der Waals surface area contributed by atoms with Crippen molar-refractivity contribution in [1.29, 1.82) is 0 Å². The second kappa shape index (κ2) is 6.47. The van der Waals surface area contributed by atoms with Crippen LogP contribution in [0.3, 0.4) is 0 Å². The summed E-state index contributed by atoms with van der Waals surface area (Å²) in [6.45, 7) is 1.24. The van der Waals surface area contributed by atoms with E-state index in [1.807, 2.05) is 0 Å². The van der Waals surface area contributed by atoms with E-state index in [1.54, 1.807) is 24.9 Å². The summed E-state index contributed by atoms with van der Waals surface area (Å²) in [6, 6.07) is 1.72. The summed E-state index contributed by atoms with van der Waals surface area (Å²) >= 11 is 1.78. The number of nitrogen functional groups attached to an aromatic ring is 1. The molecule has 0 spiro atoms. The molecule has 0 aliphatic rings. The van der Waals surface area contributed by atoms with Gasteiger partial charge in [0.15, 0.2) is 5.82 Å². The number of aromatic nitrogens is 2. The summed E-state index contributed by atoms with van der Waals surface area (Å²) in [4.78, 5) is 8.31. The van der Waals surface area contributed by atoms with Crippen molar-refractivity contribution in [2.45, 2.75) is 6.61 Å². The minimum Gasteiger partial charge on any atom is -0.384 e. The second-order valence-electron chi connectivity index (χ2n) is 2.95. The Labute approximate surface area is 93.8 Å². The quantitative estimate of drug-likeness (QED) is 0.707. The Kier molecular flexibility index (Phi) is 5.20. The summed E-state index contributed by atoms with van der Waals surface area (Å²) in [7, 11) is 1.60. The number of nitrogens with one attached hydrogen (secondary N) is 1. The van der Waals surface area contributed by atoms with Crippen molar-refractivity contribution in [2.24, 2.45) is 0 Å². The molecule has 0 atom stereocenters. The largest absolute Gasteiger partial charge is 0.384 e. The van der Waals surface area contributed by atoms with Crippen LogP contribution in [0.2, 0.25) is 0 Å². The highest BCUT2D eigenvalue weighted by Gasteiger charge is 2.01. The Bertz CT molecular complexity index is 308. The molecule has 0 aliphatic heterocycles. The van der Waals surface area contributed by atoms with E-state index in [9.17, 15) is 0 Å². The van der Waals surface area contributed by atoms with E-state index in [0.29, 0.717) is 18.2 Å². The topological polar surface area (TPSA) is 73.1 Å².